The van der Waals surface area contributed by atoms with Gasteiger partial charge in [0, 0.05) is 23.5 Å². The van der Waals surface area contributed by atoms with Crippen molar-refractivity contribution in [1.82, 2.24) is 10.5 Å². The van der Waals surface area contributed by atoms with Gasteiger partial charge in [-0.05, 0) is 31.2 Å². The van der Waals surface area contributed by atoms with Gasteiger partial charge in [-0.25, -0.2) is 4.99 Å². The van der Waals surface area contributed by atoms with Crippen LogP contribution in [-0.2, 0) is 4.84 Å². The van der Waals surface area contributed by atoms with Crippen LogP contribution in [0.5, 0.6) is 5.75 Å². The summed E-state index contributed by atoms with van der Waals surface area (Å²) < 4.78 is 5.48. The number of ether oxygens (including phenoxy) is 1. The maximum atomic E-state index is 5.48. The number of nitrogens with zero attached hydrogens (tertiary/aromatic N) is 2. The Hall–Kier alpha value is -2.40. The minimum absolute atomic E-state index is 0.227. The number of aliphatic imine (C=N–C) groups is 1. The largest absolute Gasteiger partial charge is 0.494 e. The van der Waals surface area contributed by atoms with Crippen molar-refractivity contribution < 1.29 is 9.57 Å². The Morgan fingerprint density at radius 3 is 3.05 bits per heavy atom. The van der Waals surface area contributed by atoms with E-state index in [0.29, 0.717) is 12.5 Å². The predicted octanol–water partition coefficient (Wildman–Crippen LogP) is 2.46. The number of hydrogen-bond donors (Lipinski definition) is 1. The first-order valence-electron chi connectivity index (χ1n) is 6.50. The first-order valence-corrected chi connectivity index (χ1v) is 6.50. The standard InChI is InChI=1S/C15H15N3O2/c1-2-19-13-7-3-5-11(9-13)15-17-14(18-20-15)12-6-4-8-16-10-12/h3-10,14,18H,2H2,1H3. The van der Waals surface area contributed by atoms with Gasteiger partial charge >= 0.3 is 0 Å². The lowest BCUT2D eigenvalue weighted by molar-refractivity contribution is 0.180. The molecule has 5 nitrogen and oxygen atoms in total. The Morgan fingerprint density at radius 1 is 1.30 bits per heavy atom. The molecule has 1 aliphatic rings. The number of nitrogens with one attached hydrogen (secondary N) is 1. The predicted molar refractivity (Wildman–Crippen MR) is 75.3 cm³/mol. The molecule has 20 heavy (non-hydrogen) atoms. The smallest absolute Gasteiger partial charge is 0.242 e. The van der Waals surface area contributed by atoms with Gasteiger partial charge in [0.25, 0.3) is 0 Å². The number of aromatic nitrogens is 1. The topological polar surface area (TPSA) is 55.7 Å². The summed E-state index contributed by atoms with van der Waals surface area (Å²) in [6.45, 7) is 2.59. The molecule has 0 aliphatic carbocycles. The summed E-state index contributed by atoms with van der Waals surface area (Å²) in [7, 11) is 0. The Bertz CT molecular complexity index is 614. The number of hydrogen-bond acceptors (Lipinski definition) is 5. The Labute approximate surface area is 117 Å². The van der Waals surface area contributed by atoms with E-state index in [-0.39, 0.29) is 6.17 Å². The molecule has 1 atom stereocenters. The zero-order valence-electron chi connectivity index (χ0n) is 11.1. The summed E-state index contributed by atoms with van der Waals surface area (Å²) in [6.07, 6.45) is 3.27. The molecule has 2 aromatic rings. The average Bonchev–Trinajstić information content (AvgIpc) is 2.99. The molecule has 0 bridgehead atoms. The van der Waals surface area contributed by atoms with E-state index >= 15 is 0 Å². The summed E-state index contributed by atoms with van der Waals surface area (Å²) >= 11 is 0. The first-order chi connectivity index (χ1) is 9.86. The highest BCUT2D eigenvalue weighted by Crippen LogP contribution is 2.22. The van der Waals surface area contributed by atoms with Crippen LogP contribution in [0.1, 0.15) is 24.2 Å². The molecule has 1 N–H and O–H groups in total. The van der Waals surface area contributed by atoms with E-state index in [9.17, 15) is 0 Å². The molecule has 2 heterocycles. The quantitative estimate of drug-likeness (QED) is 0.926. The van der Waals surface area contributed by atoms with E-state index < -0.39 is 0 Å². The van der Waals surface area contributed by atoms with Crippen molar-refractivity contribution >= 4 is 5.90 Å². The lowest BCUT2D eigenvalue weighted by Crippen LogP contribution is -2.14. The summed E-state index contributed by atoms with van der Waals surface area (Å²) in [5.74, 6) is 1.36. The van der Waals surface area contributed by atoms with Gasteiger partial charge in [0.2, 0.25) is 5.90 Å². The summed E-state index contributed by atoms with van der Waals surface area (Å²) in [5, 5.41) is 0. The van der Waals surface area contributed by atoms with Gasteiger partial charge in [-0.15, -0.1) is 5.48 Å². The Morgan fingerprint density at radius 2 is 2.25 bits per heavy atom. The molecule has 0 spiro atoms. The van der Waals surface area contributed by atoms with Crippen molar-refractivity contribution in [3.05, 3.63) is 59.9 Å². The third-order valence-electron chi connectivity index (χ3n) is 2.91. The first kappa shape index (κ1) is 12.6. The highest BCUT2D eigenvalue weighted by atomic mass is 16.7. The second-order valence-corrected chi connectivity index (χ2v) is 4.30. The lowest BCUT2D eigenvalue weighted by atomic mass is 10.2. The highest BCUT2D eigenvalue weighted by Gasteiger charge is 2.21. The van der Waals surface area contributed by atoms with Crippen molar-refractivity contribution in [2.75, 3.05) is 6.61 Å². The number of pyridine rings is 1. The van der Waals surface area contributed by atoms with Gasteiger partial charge in [-0.2, -0.15) is 0 Å². The molecule has 102 valence electrons. The summed E-state index contributed by atoms with van der Waals surface area (Å²) in [4.78, 5) is 14.1. The van der Waals surface area contributed by atoms with Crippen molar-refractivity contribution in [2.24, 2.45) is 4.99 Å². The van der Waals surface area contributed by atoms with E-state index in [2.05, 4.69) is 15.5 Å². The van der Waals surface area contributed by atoms with Crippen LogP contribution in [0.25, 0.3) is 0 Å². The minimum atomic E-state index is -0.227. The Kier molecular flexibility index (Phi) is 3.60. The van der Waals surface area contributed by atoms with Crippen LogP contribution in [0.4, 0.5) is 0 Å². The molecule has 0 saturated heterocycles. The number of benzene rings is 1. The fourth-order valence-corrected chi connectivity index (χ4v) is 1.98. The van der Waals surface area contributed by atoms with Gasteiger partial charge in [-0.1, -0.05) is 12.1 Å². The molecule has 1 aromatic heterocycles. The van der Waals surface area contributed by atoms with Gasteiger partial charge in [-0.3, -0.25) is 4.98 Å². The normalized spacial score (nSPS) is 17.4. The molecular weight excluding hydrogens is 254 g/mol. The SMILES string of the molecule is CCOc1cccc(C2=NC(c3cccnc3)NO2)c1. The minimum Gasteiger partial charge on any atom is -0.494 e. The van der Waals surface area contributed by atoms with Gasteiger partial charge in [0.05, 0.1) is 6.61 Å². The van der Waals surface area contributed by atoms with Crippen LogP contribution < -0.4 is 10.2 Å². The molecule has 1 unspecified atom stereocenters. The number of hydroxylamine groups is 1. The van der Waals surface area contributed by atoms with Crippen LogP contribution in [0.15, 0.2) is 53.8 Å². The molecule has 1 aliphatic heterocycles. The Balaban J connectivity index is 1.83. The van der Waals surface area contributed by atoms with Crippen LogP contribution >= 0.6 is 0 Å². The van der Waals surface area contributed by atoms with E-state index in [0.717, 1.165) is 16.9 Å². The molecule has 0 radical (unpaired) electrons. The van der Waals surface area contributed by atoms with Gasteiger partial charge in [0.15, 0.2) is 6.17 Å². The molecule has 1 aromatic carbocycles. The molecule has 0 amide bonds. The zero-order valence-corrected chi connectivity index (χ0v) is 11.1. The van der Waals surface area contributed by atoms with Crippen molar-refractivity contribution in [3.8, 4) is 5.75 Å². The van der Waals surface area contributed by atoms with E-state index in [1.54, 1.807) is 12.4 Å². The molecule has 5 heteroatoms. The van der Waals surface area contributed by atoms with Gasteiger partial charge < -0.3 is 9.57 Å². The fraction of sp³-hybridized carbons (Fsp3) is 0.200. The van der Waals surface area contributed by atoms with Crippen LogP contribution in [0, 0.1) is 0 Å². The maximum absolute atomic E-state index is 5.48. The number of rotatable bonds is 4. The molecule has 3 rings (SSSR count). The molecular formula is C15H15N3O2. The van der Waals surface area contributed by atoms with Crippen LogP contribution in [0.3, 0.4) is 0 Å². The van der Waals surface area contributed by atoms with Gasteiger partial charge in [0.1, 0.15) is 5.75 Å². The molecule has 0 saturated carbocycles. The second-order valence-electron chi connectivity index (χ2n) is 4.30. The fourth-order valence-electron chi connectivity index (χ4n) is 1.98. The highest BCUT2D eigenvalue weighted by molar-refractivity contribution is 5.95. The van der Waals surface area contributed by atoms with Crippen molar-refractivity contribution in [1.29, 1.82) is 0 Å². The second kappa shape index (κ2) is 5.71. The average molecular weight is 269 g/mol. The summed E-state index contributed by atoms with van der Waals surface area (Å²) in [5.41, 5.74) is 4.73. The van der Waals surface area contributed by atoms with Crippen molar-refractivity contribution in [3.63, 3.8) is 0 Å². The van der Waals surface area contributed by atoms with E-state index in [4.69, 9.17) is 9.57 Å². The maximum Gasteiger partial charge on any atom is 0.242 e. The lowest BCUT2D eigenvalue weighted by Gasteiger charge is -2.05. The van der Waals surface area contributed by atoms with Crippen LogP contribution in [-0.4, -0.2) is 17.5 Å². The third kappa shape index (κ3) is 2.62. The molecule has 0 fully saturated rings. The van der Waals surface area contributed by atoms with Crippen molar-refractivity contribution in [2.45, 2.75) is 13.1 Å². The zero-order chi connectivity index (χ0) is 13.8. The third-order valence-corrected chi connectivity index (χ3v) is 2.91. The monoisotopic (exact) mass is 269 g/mol. The van der Waals surface area contributed by atoms with E-state index in [1.165, 1.54) is 0 Å². The van der Waals surface area contributed by atoms with Crippen LogP contribution in [0.2, 0.25) is 0 Å². The summed E-state index contributed by atoms with van der Waals surface area (Å²) in [6, 6.07) is 11.5. The van der Waals surface area contributed by atoms with E-state index in [1.807, 2.05) is 43.3 Å².